The predicted octanol–water partition coefficient (Wildman–Crippen LogP) is 4.73. The van der Waals surface area contributed by atoms with Crippen LogP contribution in [0.4, 0.5) is 0 Å². The summed E-state index contributed by atoms with van der Waals surface area (Å²) in [6, 6.07) is 19.4. The standard InChI is InChI=1S/C23H26N2O.ClH/c1-25(2)15-19-14-23-18(11-17-7-4-5-10-22(17)24-23)13-21(19)16-8-6-9-20(12-16)26-3;/h4-12,19,21H,13-15H2,1-3H3;1H. The number of methoxy groups -OCH3 is 1. The molecule has 0 radical (unpaired) electrons. The molecule has 3 nitrogen and oxygen atoms in total. The lowest BCUT2D eigenvalue weighted by Gasteiger charge is -2.35. The Morgan fingerprint density at radius 1 is 1.04 bits per heavy atom. The fraction of sp³-hybridized carbons (Fsp3) is 0.348. The average Bonchev–Trinajstić information content (AvgIpc) is 2.65. The maximum absolute atomic E-state index is 5.47. The van der Waals surface area contributed by atoms with Gasteiger partial charge in [-0.2, -0.15) is 0 Å². The highest BCUT2D eigenvalue weighted by Crippen LogP contribution is 2.38. The van der Waals surface area contributed by atoms with Crippen molar-refractivity contribution in [2.24, 2.45) is 5.92 Å². The summed E-state index contributed by atoms with van der Waals surface area (Å²) in [4.78, 5) is 7.29. The minimum absolute atomic E-state index is 0. The molecule has 2 unspecified atom stereocenters. The molecule has 1 heterocycles. The van der Waals surface area contributed by atoms with E-state index in [0.29, 0.717) is 11.8 Å². The van der Waals surface area contributed by atoms with Gasteiger partial charge in [-0.1, -0.05) is 30.3 Å². The average molecular weight is 383 g/mol. The van der Waals surface area contributed by atoms with Crippen molar-refractivity contribution < 1.29 is 4.74 Å². The first-order valence-corrected chi connectivity index (χ1v) is 9.30. The summed E-state index contributed by atoms with van der Waals surface area (Å²) in [5.74, 6) is 1.98. The number of aromatic nitrogens is 1. The third-order valence-corrected chi connectivity index (χ3v) is 5.48. The molecule has 1 aliphatic carbocycles. The molecule has 2 aromatic carbocycles. The molecule has 0 saturated heterocycles. The lowest BCUT2D eigenvalue weighted by atomic mass is 9.73. The summed E-state index contributed by atoms with van der Waals surface area (Å²) in [6.07, 6.45) is 2.07. The Hall–Kier alpha value is -2.10. The van der Waals surface area contributed by atoms with Crippen molar-refractivity contribution in [3.8, 4) is 5.75 Å². The van der Waals surface area contributed by atoms with E-state index in [2.05, 4.69) is 67.5 Å². The van der Waals surface area contributed by atoms with Gasteiger partial charge >= 0.3 is 0 Å². The maximum Gasteiger partial charge on any atom is 0.119 e. The Morgan fingerprint density at radius 2 is 1.85 bits per heavy atom. The van der Waals surface area contributed by atoms with Gasteiger partial charge in [-0.15, -0.1) is 12.4 Å². The van der Waals surface area contributed by atoms with Crippen LogP contribution in [0.5, 0.6) is 5.75 Å². The molecule has 142 valence electrons. The maximum atomic E-state index is 5.47. The molecule has 4 rings (SSSR count). The number of hydrogen-bond donors (Lipinski definition) is 0. The fourth-order valence-corrected chi connectivity index (χ4v) is 4.27. The van der Waals surface area contributed by atoms with Gasteiger partial charge in [0, 0.05) is 17.6 Å². The molecule has 3 aromatic rings. The minimum Gasteiger partial charge on any atom is -0.497 e. The van der Waals surface area contributed by atoms with Crippen LogP contribution in [0.25, 0.3) is 10.9 Å². The van der Waals surface area contributed by atoms with Crippen LogP contribution < -0.4 is 4.74 Å². The third kappa shape index (κ3) is 4.10. The zero-order valence-corrected chi connectivity index (χ0v) is 17.0. The summed E-state index contributed by atoms with van der Waals surface area (Å²) in [5.41, 5.74) is 5.14. The number of pyridine rings is 1. The van der Waals surface area contributed by atoms with Crippen molar-refractivity contribution in [3.05, 3.63) is 71.4 Å². The van der Waals surface area contributed by atoms with E-state index in [1.807, 2.05) is 6.07 Å². The van der Waals surface area contributed by atoms with Gasteiger partial charge in [-0.25, -0.2) is 0 Å². The normalized spacial score (nSPS) is 18.8. The molecule has 0 aliphatic heterocycles. The quantitative estimate of drug-likeness (QED) is 0.652. The molecular formula is C23H27ClN2O. The molecule has 2 atom stereocenters. The minimum atomic E-state index is 0. The van der Waals surface area contributed by atoms with Crippen molar-refractivity contribution >= 4 is 23.3 Å². The Labute approximate surface area is 167 Å². The third-order valence-electron chi connectivity index (χ3n) is 5.48. The first kappa shape index (κ1) is 19.7. The molecule has 1 aliphatic rings. The highest BCUT2D eigenvalue weighted by atomic mass is 35.5. The van der Waals surface area contributed by atoms with E-state index < -0.39 is 0 Å². The molecule has 0 saturated carbocycles. The van der Waals surface area contributed by atoms with E-state index in [1.165, 1.54) is 22.2 Å². The topological polar surface area (TPSA) is 25.4 Å². The molecule has 27 heavy (non-hydrogen) atoms. The van der Waals surface area contributed by atoms with Gasteiger partial charge in [0.25, 0.3) is 0 Å². The predicted molar refractivity (Wildman–Crippen MR) is 114 cm³/mol. The van der Waals surface area contributed by atoms with Crippen LogP contribution in [0, 0.1) is 5.92 Å². The van der Waals surface area contributed by atoms with E-state index in [0.717, 1.165) is 30.7 Å². The summed E-state index contributed by atoms with van der Waals surface area (Å²) >= 11 is 0. The van der Waals surface area contributed by atoms with E-state index in [1.54, 1.807) is 7.11 Å². The summed E-state index contributed by atoms with van der Waals surface area (Å²) < 4.78 is 5.47. The van der Waals surface area contributed by atoms with Crippen LogP contribution in [-0.4, -0.2) is 37.6 Å². The highest BCUT2D eigenvalue weighted by Gasteiger charge is 2.31. The van der Waals surface area contributed by atoms with Crippen molar-refractivity contribution in [3.63, 3.8) is 0 Å². The van der Waals surface area contributed by atoms with Crippen molar-refractivity contribution in [2.75, 3.05) is 27.7 Å². The monoisotopic (exact) mass is 382 g/mol. The summed E-state index contributed by atoms with van der Waals surface area (Å²) in [7, 11) is 6.06. The van der Waals surface area contributed by atoms with E-state index in [9.17, 15) is 0 Å². The number of rotatable bonds is 4. The fourth-order valence-electron chi connectivity index (χ4n) is 4.27. The van der Waals surface area contributed by atoms with Crippen LogP contribution >= 0.6 is 12.4 Å². The number of halogens is 1. The highest BCUT2D eigenvalue weighted by molar-refractivity contribution is 5.85. The Kier molecular flexibility index (Phi) is 6.03. The van der Waals surface area contributed by atoms with E-state index in [-0.39, 0.29) is 12.4 Å². The molecule has 0 fully saturated rings. The molecule has 4 heteroatoms. The number of benzene rings is 2. The van der Waals surface area contributed by atoms with Gasteiger partial charge in [-0.05, 0) is 74.2 Å². The molecular weight excluding hydrogens is 356 g/mol. The van der Waals surface area contributed by atoms with Gasteiger partial charge in [0.1, 0.15) is 5.75 Å². The first-order chi connectivity index (χ1) is 12.6. The lowest BCUT2D eigenvalue weighted by molar-refractivity contribution is 0.273. The second kappa shape index (κ2) is 8.28. The molecule has 1 aromatic heterocycles. The van der Waals surface area contributed by atoms with Crippen LogP contribution in [0.15, 0.2) is 54.6 Å². The summed E-state index contributed by atoms with van der Waals surface area (Å²) in [6.45, 7) is 1.07. The van der Waals surface area contributed by atoms with Gasteiger partial charge in [0.05, 0.1) is 12.6 Å². The Bertz CT molecular complexity index is 925. The first-order valence-electron chi connectivity index (χ1n) is 9.30. The second-order valence-electron chi connectivity index (χ2n) is 7.60. The molecule has 0 bridgehead atoms. The zero-order chi connectivity index (χ0) is 18.1. The molecule has 0 spiro atoms. The number of hydrogen-bond acceptors (Lipinski definition) is 3. The van der Waals surface area contributed by atoms with Crippen molar-refractivity contribution in [2.45, 2.75) is 18.8 Å². The molecule has 0 N–H and O–H groups in total. The SMILES string of the molecule is COc1cccc(C2Cc3cc4ccccc4nc3CC2CN(C)C)c1.Cl. The van der Waals surface area contributed by atoms with Crippen molar-refractivity contribution in [1.29, 1.82) is 0 Å². The number of para-hydroxylation sites is 1. The Morgan fingerprint density at radius 3 is 2.63 bits per heavy atom. The van der Waals surface area contributed by atoms with Gasteiger partial charge in [0.15, 0.2) is 0 Å². The van der Waals surface area contributed by atoms with Gasteiger partial charge < -0.3 is 9.64 Å². The molecule has 0 amide bonds. The number of fused-ring (bicyclic) bond motifs is 2. The van der Waals surface area contributed by atoms with Gasteiger partial charge in [0.2, 0.25) is 0 Å². The van der Waals surface area contributed by atoms with Crippen LogP contribution in [0.1, 0.15) is 22.7 Å². The van der Waals surface area contributed by atoms with Crippen LogP contribution in [0.3, 0.4) is 0 Å². The van der Waals surface area contributed by atoms with Gasteiger partial charge in [-0.3, -0.25) is 4.98 Å². The summed E-state index contributed by atoms with van der Waals surface area (Å²) in [5, 5.41) is 1.24. The number of nitrogens with zero attached hydrogens (tertiary/aromatic N) is 2. The van der Waals surface area contributed by atoms with Crippen LogP contribution in [-0.2, 0) is 12.8 Å². The number of ether oxygens (including phenoxy) is 1. The van der Waals surface area contributed by atoms with E-state index >= 15 is 0 Å². The van der Waals surface area contributed by atoms with Crippen molar-refractivity contribution in [1.82, 2.24) is 9.88 Å². The van der Waals surface area contributed by atoms with Crippen LogP contribution in [0.2, 0.25) is 0 Å². The zero-order valence-electron chi connectivity index (χ0n) is 16.2. The largest absolute Gasteiger partial charge is 0.497 e. The van der Waals surface area contributed by atoms with E-state index in [4.69, 9.17) is 9.72 Å². The second-order valence-corrected chi connectivity index (χ2v) is 7.60. The lowest BCUT2D eigenvalue weighted by Crippen LogP contribution is -2.33. The smallest absolute Gasteiger partial charge is 0.119 e. The Balaban J connectivity index is 0.00000210.